The van der Waals surface area contributed by atoms with Crippen molar-refractivity contribution in [1.82, 2.24) is 14.6 Å². The molecule has 102 valence electrons. The number of hydrogen-bond acceptors (Lipinski definition) is 4. The lowest BCUT2D eigenvalue weighted by atomic mass is 9.83. The van der Waals surface area contributed by atoms with Gasteiger partial charge in [0.1, 0.15) is 5.82 Å². The van der Waals surface area contributed by atoms with Gasteiger partial charge in [-0.15, -0.1) is 5.10 Å². The van der Waals surface area contributed by atoms with Crippen LogP contribution in [0.2, 0.25) is 0 Å². The molecule has 1 aliphatic rings. The summed E-state index contributed by atoms with van der Waals surface area (Å²) in [4.78, 5) is 4.47. The first-order valence-corrected chi connectivity index (χ1v) is 7.14. The Kier molecular flexibility index (Phi) is 3.64. The number of imidazole rings is 1. The Morgan fingerprint density at radius 1 is 1.37 bits per heavy atom. The first-order chi connectivity index (χ1) is 9.35. The van der Waals surface area contributed by atoms with Crippen molar-refractivity contribution in [3.05, 3.63) is 24.0 Å². The maximum atomic E-state index is 5.54. The van der Waals surface area contributed by atoms with E-state index in [1.54, 1.807) is 0 Å². The van der Waals surface area contributed by atoms with Crippen LogP contribution >= 0.6 is 0 Å². The molecule has 1 aliphatic carbocycles. The fourth-order valence-electron chi connectivity index (χ4n) is 2.48. The highest BCUT2D eigenvalue weighted by Gasteiger charge is 2.16. The molecule has 0 bridgehead atoms. The third-order valence-corrected chi connectivity index (χ3v) is 3.85. The SMILES string of the molecule is NCCc1cn2nc(NCCC3CCC3)ccc2n1. The predicted octanol–water partition coefficient (Wildman–Crippen LogP) is 1.83. The molecule has 3 rings (SSSR count). The quantitative estimate of drug-likeness (QED) is 0.830. The molecule has 0 amide bonds. The van der Waals surface area contributed by atoms with Crippen LogP contribution in [0.3, 0.4) is 0 Å². The van der Waals surface area contributed by atoms with Crippen LogP contribution in [0.1, 0.15) is 31.4 Å². The highest BCUT2D eigenvalue weighted by molar-refractivity contribution is 5.45. The van der Waals surface area contributed by atoms with E-state index in [4.69, 9.17) is 5.73 Å². The summed E-state index contributed by atoms with van der Waals surface area (Å²) in [6, 6.07) is 3.99. The molecule has 0 spiro atoms. The Labute approximate surface area is 113 Å². The molecule has 0 aromatic carbocycles. The third-order valence-electron chi connectivity index (χ3n) is 3.85. The normalized spacial score (nSPS) is 15.6. The van der Waals surface area contributed by atoms with Gasteiger partial charge >= 0.3 is 0 Å². The molecule has 2 aromatic heterocycles. The van der Waals surface area contributed by atoms with Gasteiger partial charge in [0.15, 0.2) is 5.65 Å². The Bertz CT molecular complexity index is 544. The van der Waals surface area contributed by atoms with Gasteiger partial charge in [-0.2, -0.15) is 0 Å². The molecule has 0 radical (unpaired) electrons. The molecule has 3 N–H and O–H groups in total. The van der Waals surface area contributed by atoms with E-state index >= 15 is 0 Å². The van der Waals surface area contributed by atoms with Gasteiger partial charge in [0.25, 0.3) is 0 Å². The second-order valence-corrected chi connectivity index (χ2v) is 5.30. The van der Waals surface area contributed by atoms with E-state index in [1.807, 2.05) is 22.8 Å². The third kappa shape index (κ3) is 2.87. The molecule has 0 atom stereocenters. The van der Waals surface area contributed by atoms with E-state index in [2.05, 4.69) is 15.4 Å². The molecular formula is C14H21N5. The molecule has 5 heteroatoms. The number of anilines is 1. The van der Waals surface area contributed by atoms with Gasteiger partial charge in [-0.25, -0.2) is 9.50 Å². The van der Waals surface area contributed by atoms with E-state index < -0.39 is 0 Å². The smallest absolute Gasteiger partial charge is 0.153 e. The van der Waals surface area contributed by atoms with Crippen molar-refractivity contribution in [2.45, 2.75) is 32.1 Å². The molecule has 2 heterocycles. The number of nitrogens with two attached hydrogens (primary N) is 1. The zero-order valence-corrected chi connectivity index (χ0v) is 11.2. The van der Waals surface area contributed by atoms with Crippen molar-refractivity contribution in [3.8, 4) is 0 Å². The van der Waals surface area contributed by atoms with Crippen LogP contribution in [0.5, 0.6) is 0 Å². The lowest BCUT2D eigenvalue weighted by molar-refractivity contribution is 0.303. The average Bonchev–Trinajstić information content (AvgIpc) is 2.74. The molecule has 0 aliphatic heterocycles. The van der Waals surface area contributed by atoms with Gasteiger partial charge in [-0.3, -0.25) is 0 Å². The molecule has 19 heavy (non-hydrogen) atoms. The van der Waals surface area contributed by atoms with Crippen molar-refractivity contribution in [2.75, 3.05) is 18.4 Å². The number of nitrogens with one attached hydrogen (secondary N) is 1. The van der Waals surface area contributed by atoms with Gasteiger partial charge in [0.2, 0.25) is 0 Å². The number of fused-ring (bicyclic) bond motifs is 1. The number of rotatable bonds is 6. The maximum Gasteiger partial charge on any atom is 0.153 e. The Morgan fingerprint density at radius 2 is 2.26 bits per heavy atom. The van der Waals surface area contributed by atoms with Crippen molar-refractivity contribution in [3.63, 3.8) is 0 Å². The van der Waals surface area contributed by atoms with Crippen LogP contribution in [0, 0.1) is 5.92 Å². The molecule has 0 unspecified atom stereocenters. The second-order valence-electron chi connectivity index (χ2n) is 5.30. The van der Waals surface area contributed by atoms with Gasteiger partial charge in [0.05, 0.1) is 11.9 Å². The maximum absolute atomic E-state index is 5.54. The zero-order valence-electron chi connectivity index (χ0n) is 11.2. The molecule has 1 saturated carbocycles. The van der Waals surface area contributed by atoms with Crippen LogP contribution in [0.15, 0.2) is 18.3 Å². The largest absolute Gasteiger partial charge is 0.369 e. The van der Waals surface area contributed by atoms with Crippen molar-refractivity contribution in [1.29, 1.82) is 0 Å². The van der Waals surface area contributed by atoms with E-state index in [0.717, 1.165) is 36.0 Å². The van der Waals surface area contributed by atoms with E-state index in [9.17, 15) is 0 Å². The molecular weight excluding hydrogens is 238 g/mol. The second kappa shape index (κ2) is 5.57. The summed E-state index contributed by atoms with van der Waals surface area (Å²) in [5, 5.41) is 7.91. The summed E-state index contributed by atoms with van der Waals surface area (Å²) in [5.41, 5.74) is 7.43. The number of nitrogens with zero attached hydrogens (tertiary/aromatic N) is 3. The monoisotopic (exact) mass is 259 g/mol. The van der Waals surface area contributed by atoms with Gasteiger partial charge in [0, 0.05) is 13.0 Å². The summed E-state index contributed by atoms with van der Waals surface area (Å²) in [6.07, 6.45) is 8.22. The molecule has 1 fully saturated rings. The molecule has 0 saturated heterocycles. The Hall–Kier alpha value is -1.62. The van der Waals surface area contributed by atoms with Crippen LogP contribution in [-0.2, 0) is 6.42 Å². The van der Waals surface area contributed by atoms with E-state index in [-0.39, 0.29) is 0 Å². The fourth-order valence-corrected chi connectivity index (χ4v) is 2.48. The van der Waals surface area contributed by atoms with Crippen molar-refractivity contribution in [2.24, 2.45) is 11.7 Å². The Morgan fingerprint density at radius 3 is 3.00 bits per heavy atom. The average molecular weight is 259 g/mol. The fraction of sp³-hybridized carbons (Fsp3) is 0.571. The van der Waals surface area contributed by atoms with Crippen molar-refractivity contribution >= 4 is 11.5 Å². The number of hydrogen-bond donors (Lipinski definition) is 2. The minimum absolute atomic E-state index is 0.621. The first-order valence-electron chi connectivity index (χ1n) is 7.14. The van der Waals surface area contributed by atoms with Crippen LogP contribution in [0.4, 0.5) is 5.82 Å². The predicted molar refractivity (Wildman–Crippen MR) is 76.2 cm³/mol. The minimum atomic E-state index is 0.621. The standard InChI is InChI=1S/C14H21N5/c15-8-6-12-10-19-14(17-12)5-4-13(18-19)16-9-7-11-2-1-3-11/h4-5,10-11H,1-3,6-9,15H2,(H,16,18). The van der Waals surface area contributed by atoms with Gasteiger partial charge in [-0.05, 0) is 31.0 Å². The molecule has 5 nitrogen and oxygen atoms in total. The van der Waals surface area contributed by atoms with Crippen LogP contribution in [0.25, 0.3) is 5.65 Å². The van der Waals surface area contributed by atoms with Gasteiger partial charge in [-0.1, -0.05) is 19.3 Å². The highest BCUT2D eigenvalue weighted by atomic mass is 15.3. The Balaban J connectivity index is 1.62. The summed E-state index contributed by atoms with van der Waals surface area (Å²) in [6.45, 7) is 1.63. The van der Waals surface area contributed by atoms with Crippen LogP contribution < -0.4 is 11.1 Å². The lowest BCUT2D eigenvalue weighted by Crippen LogP contribution is -2.16. The lowest BCUT2D eigenvalue weighted by Gasteiger charge is -2.25. The van der Waals surface area contributed by atoms with Crippen molar-refractivity contribution < 1.29 is 0 Å². The summed E-state index contributed by atoms with van der Waals surface area (Å²) in [5.74, 6) is 1.85. The zero-order chi connectivity index (χ0) is 13.1. The van der Waals surface area contributed by atoms with Gasteiger partial charge < -0.3 is 11.1 Å². The summed E-state index contributed by atoms with van der Waals surface area (Å²) < 4.78 is 1.83. The highest BCUT2D eigenvalue weighted by Crippen LogP contribution is 2.29. The van der Waals surface area contributed by atoms with E-state index in [0.29, 0.717) is 6.54 Å². The topological polar surface area (TPSA) is 68.2 Å². The summed E-state index contributed by atoms with van der Waals surface area (Å²) in [7, 11) is 0. The summed E-state index contributed by atoms with van der Waals surface area (Å²) >= 11 is 0. The van der Waals surface area contributed by atoms with Crippen LogP contribution in [-0.4, -0.2) is 27.7 Å². The molecule has 2 aromatic rings. The van der Waals surface area contributed by atoms with E-state index in [1.165, 1.54) is 25.7 Å². The first kappa shape index (κ1) is 12.4. The number of aromatic nitrogens is 3. The minimum Gasteiger partial charge on any atom is -0.369 e.